The maximum absolute atomic E-state index is 12.2. The van der Waals surface area contributed by atoms with E-state index in [9.17, 15) is 4.79 Å². The van der Waals surface area contributed by atoms with E-state index < -0.39 is 0 Å². The number of halogens is 1. The second-order valence-electron chi connectivity index (χ2n) is 6.68. The number of aromatic nitrogens is 1. The minimum atomic E-state index is -0.201. The van der Waals surface area contributed by atoms with Gasteiger partial charge in [0.25, 0.3) is 5.91 Å². The molecule has 9 heteroatoms. The van der Waals surface area contributed by atoms with Gasteiger partial charge in [-0.25, -0.2) is 10.4 Å². The Hall–Kier alpha value is -2.36. The van der Waals surface area contributed by atoms with Gasteiger partial charge in [0.1, 0.15) is 0 Å². The van der Waals surface area contributed by atoms with Crippen LogP contribution in [-0.4, -0.2) is 36.6 Å². The molecular weight excluding hydrogens is 510 g/mol. The molecule has 1 amide bonds. The van der Waals surface area contributed by atoms with Gasteiger partial charge in [-0.05, 0) is 40.0 Å². The van der Waals surface area contributed by atoms with Crippen LogP contribution in [0.3, 0.4) is 0 Å². The zero-order chi connectivity index (χ0) is 22.8. The summed E-state index contributed by atoms with van der Waals surface area (Å²) in [6.07, 6.45) is 3.60. The fourth-order valence-corrected chi connectivity index (χ4v) is 4.88. The van der Waals surface area contributed by atoms with Crippen LogP contribution in [0.25, 0.3) is 11.3 Å². The van der Waals surface area contributed by atoms with Gasteiger partial charge in [0, 0.05) is 10.9 Å². The second kappa shape index (κ2) is 12.6. The smallest absolute Gasteiger partial charge is 0.250 e. The monoisotopic (exact) mass is 533 g/mol. The molecule has 0 fully saturated rings. The first-order valence-electron chi connectivity index (χ1n) is 10.1. The molecule has 32 heavy (non-hydrogen) atoms. The molecule has 0 saturated carbocycles. The Labute approximate surface area is 204 Å². The molecule has 3 rings (SSSR count). The van der Waals surface area contributed by atoms with Crippen LogP contribution in [0.5, 0.6) is 11.5 Å². The SMILES string of the molecule is CCCCOc1c(Br)cc(/C=N/NC(=O)CSc2nc(-c3ccccc3)cs2)cc1OC. The summed E-state index contributed by atoms with van der Waals surface area (Å²) >= 11 is 6.43. The third-order valence-electron chi connectivity index (χ3n) is 4.28. The number of nitrogens with zero attached hydrogens (tertiary/aromatic N) is 2. The molecule has 2 aromatic carbocycles. The lowest BCUT2D eigenvalue weighted by Crippen LogP contribution is -2.19. The van der Waals surface area contributed by atoms with Gasteiger partial charge in [-0.3, -0.25) is 4.79 Å². The lowest BCUT2D eigenvalue weighted by atomic mass is 10.2. The number of methoxy groups -OCH3 is 1. The van der Waals surface area contributed by atoms with Crippen molar-refractivity contribution in [3.05, 3.63) is 57.9 Å². The highest BCUT2D eigenvalue weighted by atomic mass is 79.9. The van der Waals surface area contributed by atoms with E-state index in [1.807, 2.05) is 47.8 Å². The van der Waals surface area contributed by atoms with Gasteiger partial charge in [0.05, 0.1) is 35.9 Å². The quantitative estimate of drug-likeness (QED) is 0.141. The first kappa shape index (κ1) is 24.3. The molecule has 1 N–H and O–H groups in total. The highest BCUT2D eigenvalue weighted by Gasteiger charge is 2.11. The predicted molar refractivity (Wildman–Crippen MR) is 135 cm³/mol. The van der Waals surface area contributed by atoms with Gasteiger partial charge < -0.3 is 9.47 Å². The number of rotatable bonds is 11. The zero-order valence-corrected chi connectivity index (χ0v) is 21.1. The number of carbonyl (C=O) groups is 1. The summed E-state index contributed by atoms with van der Waals surface area (Å²) in [5, 5.41) is 6.05. The van der Waals surface area contributed by atoms with E-state index in [4.69, 9.17) is 9.47 Å². The van der Waals surface area contributed by atoms with Crippen LogP contribution < -0.4 is 14.9 Å². The molecule has 1 heterocycles. The van der Waals surface area contributed by atoms with Crippen molar-refractivity contribution in [2.75, 3.05) is 19.5 Å². The maximum atomic E-state index is 12.2. The van der Waals surface area contributed by atoms with Crippen molar-refractivity contribution < 1.29 is 14.3 Å². The fourth-order valence-electron chi connectivity index (χ4n) is 2.68. The van der Waals surface area contributed by atoms with Gasteiger partial charge in [0.15, 0.2) is 15.8 Å². The third-order valence-corrected chi connectivity index (χ3v) is 6.89. The highest BCUT2D eigenvalue weighted by Crippen LogP contribution is 2.36. The number of carbonyl (C=O) groups excluding carboxylic acids is 1. The van der Waals surface area contributed by atoms with Crippen LogP contribution >= 0.6 is 39.0 Å². The molecule has 0 unspecified atom stereocenters. The summed E-state index contributed by atoms with van der Waals surface area (Å²) in [6.45, 7) is 2.74. The Morgan fingerprint density at radius 1 is 1.31 bits per heavy atom. The van der Waals surface area contributed by atoms with Crippen molar-refractivity contribution in [2.24, 2.45) is 5.10 Å². The number of ether oxygens (including phenoxy) is 2. The van der Waals surface area contributed by atoms with Crippen molar-refractivity contribution >= 4 is 51.2 Å². The summed E-state index contributed by atoms with van der Waals surface area (Å²) in [4.78, 5) is 16.7. The van der Waals surface area contributed by atoms with Crippen molar-refractivity contribution in [2.45, 2.75) is 24.1 Å². The van der Waals surface area contributed by atoms with Gasteiger partial charge in [-0.1, -0.05) is 55.4 Å². The minimum Gasteiger partial charge on any atom is -0.493 e. The number of nitrogens with one attached hydrogen (secondary N) is 1. The Balaban J connectivity index is 1.52. The number of hydrogen-bond donors (Lipinski definition) is 1. The lowest BCUT2D eigenvalue weighted by Gasteiger charge is -2.13. The van der Waals surface area contributed by atoms with Gasteiger partial charge in [-0.15, -0.1) is 11.3 Å². The number of hydrogen-bond acceptors (Lipinski definition) is 7. The van der Waals surface area contributed by atoms with Crippen molar-refractivity contribution in [3.8, 4) is 22.8 Å². The summed E-state index contributed by atoms with van der Waals surface area (Å²) in [5.74, 6) is 1.30. The van der Waals surface area contributed by atoms with E-state index in [-0.39, 0.29) is 11.7 Å². The molecule has 3 aromatic rings. The zero-order valence-electron chi connectivity index (χ0n) is 17.8. The van der Waals surface area contributed by atoms with E-state index in [2.05, 4.69) is 38.4 Å². The molecule has 0 spiro atoms. The summed E-state index contributed by atoms with van der Waals surface area (Å²) in [6, 6.07) is 13.7. The van der Waals surface area contributed by atoms with E-state index in [1.165, 1.54) is 23.1 Å². The molecule has 0 atom stereocenters. The first-order valence-corrected chi connectivity index (χ1v) is 12.7. The first-order chi connectivity index (χ1) is 15.6. The molecular formula is C23H24BrN3O3S2. The minimum absolute atomic E-state index is 0.201. The van der Waals surface area contributed by atoms with E-state index in [1.54, 1.807) is 13.3 Å². The number of unbranched alkanes of at least 4 members (excludes halogenated alkanes) is 1. The van der Waals surface area contributed by atoms with E-state index >= 15 is 0 Å². The number of hydrazone groups is 1. The number of thiazole rings is 1. The van der Waals surface area contributed by atoms with Crippen LogP contribution in [0.1, 0.15) is 25.3 Å². The Bertz CT molecular complexity index is 1060. The largest absolute Gasteiger partial charge is 0.493 e. The van der Waals surface area contributed by atoms with E-state index in [0.29, 0.717) is 18.1 Å². The molecule has 0 aliphatic heterocycles. The molecule has 0 bridgehead atoms. The lowest BCUT2D eigenvalue weighted by molar-refractivity contribution is -0.118. The topological polar surface area (TPSA) is 72.8 Å². The average molecular weight is 535 g/mol. The number of thioether (sulfide) groups is 1. The highest BCUT2D eigenvalue weighted by molar-refractivity contribution is 9.10. The van der Waals surface area contributed by atoms with Crippen LogP contribution in [-0.2, 0) is 4.79 Å². The molecule has 0 aliphatic carbocycles. The fraction of sp³-hybridized carbons (Fsp3) is 0.261. The van der Waals surface area contributed by atoms with Crippen LogP contribution in [0, 0.1) is 0 Å². The number of amides is 1. The van der Waals surface area contributed by atoms with Crippen LogP contribution in [0.15, 0.2) is 61.8 Å². The Morgan fingerprint density at radius 3 is 2.88 bits per heavy atom. The van der Waals surface area contributed by atoms with Gasteiger partial charge in [-0.2, -0.15) is 5.10 Å². The Kier molecular flexibility index (Phi) is 9.58. The van der Waals surface area contributed by atoms with Crippen LogP contribution in [0.4, 0.5) is 0 Å². The summed E-state index contributed by atoms with van der Waals surface area (Å²) in [7, 11) is 1.59. The van der Waals surface area contributed by atoms with Crippen molar-refractivity contribution in [3.63, 3.8) is 0 Å². The molecule has 6 nitrogen and oxygen atoms in total. The molecule has 0 saturated heterocycles. The average Bonchev–Trinajstić information content (AvgIpc) is 3.28. The third kappa shape index (κ3) is 7.08. The second-order valence-corrected chi connectivity index (χ2v) is 9.62. The number of benzene rings is 2. The van der Waals surface area contributed by atoms with Gasteiger partial charge in [0.2, 0.25) is 0 Å². The van der Waals surface area contributed by atoms with Gasteiger partial charge >= 0.3 is 0 Å². The summed E-state index contributed by atoms with van der Waals surface area (Å²) < 4.78 is 12.9. The molecule has 168 valence electrons. The summed E-state index contributed by atoms with van der Waals surface area (Å²) in [5.41, 5.74) is 5.31. The van der Waals surface area contributed by atoms with Crippen molar-refractivity contribution in [1.29, 1.82) is 0 Å². The molecule has 1 aromatic heterocycles. The normalized spacial score (nSPS) is 11.0. The van der Waals surface area contributed by atoms with E-state index in [0.717, 1.165) is 38.5 Å². The Morgan fingerprint density at radius 2 is 2.12 bits per heavy atom. The maximum Gasteiger partial charge on any atom is 0.250 e. The standard InChI is InChI=1S/C23H24BrN3O3S2/c1-3-4-10-30-22-18(24)11-16(12-20(22)29-2)13-25-27-21(28)15-32-23-26-19(14-31-23)17-8-6-5-7-9-17/h5-9,11-14H,3-4,10,15H2,1-2H3,(H,27,28)/b25-13+. The molecule has 0 aliphatic rings. The van der Waals surface area contributed by atoms with Crippen molar-refractivity contribution in [1.82, 2.24) is 10.4 Å². The van der Waals surface area contributed by atoms with Crippen LogP contribution in [0.2, 0.25) is 0 Å². The molecule has 0 radical (unpaired) electrons. The predicted octanol–water partition coefficient (Wildman–Crippen LogP) is 6.00.